The maximum Gasteiger partial charge on any atom is 0.304 e. The van der Waals surface area contributed by atoms with Crippen molar-refractivity contribution >= 4 is 17.8 Å². The van der Waals surface area contributed by atoms with Crippen LogP contribution in [0.25, 0.3) is 0 Å². The number of hydrogen-bond acceptors (Lipinski definition) is 4. The molecule has 0 bridgehead atoms. The normalized spacial score (nSPS) is 21.1. The Hall–Kier alpha value is -1.43. The molecule has 0 aromatic heterocycles. The Morgan fingerprint density at radius 3 is 2.45 bits per heavy atom. The molecule has 2 atom stereocenters. The standard InChI is InChI=1S/C14H24N2O4/c1-5-10(4)16-12(17)8-11(14(16)20)15(9(2)3)7-6-13(18)19/h9-11H,5-8H2,1-4H3,(H,18,19). The molecule has 0 aliphatic carbocycles. The van der Waals surface area contributed by atoms with Crippen molar-refractivity contribution in [1.82, 2.24) is 9.80 Å². The molecule has 2 unspecified atom stereocenters. The van der Waals surface area contributed by atoms with Crippen molar-refractivity contribution in [2.24, 2.45) is 0 Å². The van der Waals surface area contributed by atoms with Gasteiger partial charge in [0.25, 0.3) is 0 Å². The fourth-order valence-corrected chi connectivity index (χ4v) is 2.54. The third kappa shape index (κ3) is 3.56. The smallest absolute Gasteiger partial charge is 0.304 e. The minimum Gasteiger partial charge on any atom is -0.481 e. The summed E-state index contributed by atoms with van der Waals surface area (Å²) in [7, 11) is 0. The molecule has 1 heterocycles. The highest BCUT2D eigenvalue weighted by atomic mass is 16.4. The number of hydrogen-bond donors (Lipinski definition) is 1. The van der Waals surface area contributed by atoms with Crippen LogP contribution >= 0.6 is 0 Å². The topological polar surface area (TPSA) is 77.9 Å². The largest absolute Gasteiger partial charge is 0.481 e. The molecule has 1 fully saturated rings. The zero-order valence-electron chi connectivity index (χ0n) is 12.6. The van der Waals surface area contributed by atoms with Gasteiger partial charge in [-0.1, -0.05) is 6.92 Å². The van der Waals surface area contributed by atoms with E-state index in [9.17, 15) is 14.4 Å². The molecule has 0 saturated carbocycles. The van der Waals surface area contributed by atoms with Gasteiger partial charge in [0.15, 0.2) is 0 Å². The summed E-state index contributed by atoms with van der Waals surface area (Å²) in [6.45, 7) is 7.89. The second kappa shape index (κ2) is 6.83. The van der Waals surface area contributed by atoms with Gasteiger partial charge in [0.1, 0.15) is 0 Å². The molecule has 6 nitrogen and oxygen atoms in total. The van der Waals surface area contributed by atoms with Crippen molar-refractivity contribution in [3.05, 3.63) is 0 Å². The van der Waals surface area contributed by atoms with Gasteiger partial charge in [-0.3, -0.25) is 24.2 Å². The van der Waals surface area contributed by atoms with Crippen LogP contribution in [-0.4, -0.2) is 57.4 Å². The molecule has 20 heavy (non-hydrogen) atoms. The number of amides is 2. The predicted molar refractivity (Wildman–Crippen MR) is 74.1 cm³/mol. The van der Waals surface area contributed by atoms with E-state index in [1.807, 2.05) is 32.6 Å². The van der Waals surface area contributed by atoms with Gasteiger partial charge in [0, 0.05) is 18.6 Å². The maximum absolute atomic E-state index is 12.4. The summed E-state index contributed by atoms with van der Waals surface area (Å²) in [5.74, 6) is -1.25. The van der Waals surface area contributed by atoms with Gasteiger partial charge in [-0.05, 0) is 27.2 Å². The van der Waals surface area contributed by atoms with Crippen molar-refractivity contribution in [3.8, 4) is 0 Å². The van der Waals surface area contributed by atoms with Crippen LogP contribution in [0.3, 0.4) is 0 Å². The lowest BCUT2D eigenvalue weighted by atomic mass is 10.1. The van der Waals surface area contributed by atoms with Crippen LogP contribution in [0.4, 0.5) is 0 Å². The lowest BCUT2D eigenvalue weighted by Crippen LogP contribution is -2.47. The Bertz CT molecular complexity index is 395. The van der Waals surface area contributed by atoms with Crippen molar-refractivity contribution in [1.29, 1.82) is 0 Å². The number of carboxylic acids is 1. The van der Waals surface area contributed by atoms with Crippen LogP contribution in [0.15, 0.2) is 0 Å². The van der Waals surface area contributed by atoms with Crippen molar-refractivity contribution in [2.75, 3.05) is 6.54 Å². The molecule has 1 N–H and O–H groups in total. The molecule has 0 aromatic carbocycles. The van der Waals surface area contributed by atoms with Gasteiger partial charge in [-0.2, -0.15) is 0 Å². The summed E-state index contributed by atoms with van der Waals surface area (Å²) in [6, 6.07) is -0.600. The van der Waals surface area contributed by atoms with E-state index < -0.39 is 12.0 Å². The molecule has 0 radical (unpaired) electrons. The Morgan fingerprint density at radius 2 is 2.00 bits per heavy atom. The molecule has 114 valence electrons. The fourth-order valence-electron chi connectivity index (χ4n) is 2.54. The van der Waals surface area contributed by atoms with Gasteiger partial charge in [0.2, 0.25) is 11.8 Å². The quantitative estimate of drug-likeness (QED) is 0.708. The molecular weight excluding hydrogens is 260 g/mol. The van der Waals surface area contributed by atoms with Crippen LogP contribution in [-0.2, 0) is 14.4 Å². The average molecular weight is 284 g/mol. The molecule has 1 aliphatic rings. The van der Waals surface area contributed by atoms with Gasteiger partial charge in [-0.25, -0.2) is 0 Å². The molecular formula is C14H24N2O4. The molecule has 1 aliphatic heterocycles. The van der Waals surface area contributed by atoms with Gasteiger partial charge < -0.3 is 5.11 Å². The van der Waals surface area contributed by atoms with Crippen LogP contribution in [0, 0.1) is 0 Å². The summed E-state index contributed by atoms with van der Waals surface area (Å²) < 4.78 is 0. The van der Waals surface area contributed by atoms with Crippen LogP contribution in [0.2, 0.25) is 0 Å². The lowest BCUT2D eigenvalue weighted by molar-refractivity contribution is -0.143. The van der Waals surface area contributed by atoms with E-state index in [-0.39, 0.29) is 43.3 Å². The van der Waals surface area contributed by atoms with E-state index in [1.165, 1.54) is 4.90 Å². The first kappa shape index (κ1) is 16.6. The number of rotatable bonds is 7. The molecule has 0 spiro atoms. The Balaban J connectivity index is 2.85. The highest BCUT2D eigenvalue weighted by Crippen LogP contribution is 2.24. The molecule has 2 amide bonds. The number of aliphatic carboxylic acids is 1. The zero-order valence-corrected chi connectivity index (χ0v) is 12.6. The average Bonchev–Trinajstić information content (AvgIpc) is 2.64. The number of likely N-dealkylation sites (tertiary alicyclic amines) is 1. The second-order valence-electron chi connectivity index (χ2n) is 5.55. The van der Waals surface area contributed by atoms with Crippen LogP contribution in [0.1, 0.15) is 47.0 Å². The predicted octanol–water partition coefficient (Wildman–Crippen LogP) is 1.10. The number of imide groups is 1. The summed E-state index contributed by atoms with van der Waals surface area (Å²) in [5.41, 5.74) is 0. The molecule has 0 aromatic rings. The van der Waals surface area contributed by atoms with E-state index in [4.69, 9.17) is 5.11 Å². The highest BCUT2D eigenvalue weighted by molar-refractivity contribution is 6.05. The minimum absolute atomic E-state index is 0.0213. The van der Waals surface area contributed by atoms with Crippen LogP contribution in [0.5, 0.6) is 0 Å². The van der Waals surface area contributed by atoms with E-state index in [0.29, 0.717) is 0 Å². The summed E-state index contributed by atoms with van der Waals surface area (Å²) in [5, 5.41) is 8.79. The number of nitrogens with zero attached hydrogens (tertiary/aromatic N) is 2. The summed E-state index contributed by atoms with van der Waals surface area (Å²) >= 11 is 0. The number of carboxylic acid groups (broad SMARTS) is 1. The van der Waals surface area contributed by atoms with E-state index >= 15 is 0 Å². The maximum atomic E-state index is 12.4. The first-order valence-electron chi connectivity index (χ1n) is 7.13. The van der Waals surface area contributed by atoms with E-state index in [0.717, 1.165) is 6.42 Å². The monoisotopic (exact) mass is 284 g/mol. The van der Waals surface area contributed by atoms with Crippen molar-refractivity contribution in [2.45, 2.75) is 65.1 Å². The summed E-state index contributed by atoms with van der Waals surface area (Å²) in [6.07, 6.45) is 0.849. The first-order chi connectivity index (χ1) is 9.29. The van der Waals surface area contributed by atoms with E-state index in [1.54, 1.807) is 0 Å². The fraction of sp³-hybridized carbons (Fsp3) is 0.786. The Labute approximate surface area is 119 Å². The number of carbonyl (C=O) groups is 3. The first-order valence-corrected chi connectivity index (χ1v) is 7.13. The molecule has 1 rings (SSSR count). The van der Waals surface area contributed by atoms with E-state index in [2.05, 4.69) is 0 Å². The second-order valence-corrected chi connectivity index (χ2v) is 5.55. The van der Waals surface area contributed by atoms with Crippen molar-refractivity contribution in [3.63, 3.8) is 0 Å². The minimum atomic E-state index is -0.897. The molecule has 6 heteroatoms. The van der Waals surface area contributed by atoms with Crippen LogP contribution < -0.4 is 0 Å². The zero-order chi connectivity index (χ0) is 15.4. The third-order valence-electron chi connectivity index (χ3n) is 3.84. The Kier molecular flexibility index (Phi) is 5.68. The van der Waals surface area contributed by atoms with Gasteiger partial charge in [0.05, 0.1) is 18.9 Å². The lowest BCUT2D eigenvalue weighted by Gasteiger charge is -2.31. The Morgan fingerprint density at radius 1 is 1.40 bits per heavy atom. The van der Waals surface area contributed by atoms with Gasteiger partial charge >= 0.3 is 5.97 Å². The number of carbonyl (C=O) groups excluding carboxylic acids is 2. The van der Waals surface area contributed by atoms with Crippen molar-refractivity contribution < 1.29 is 19.5 Å². The third-order valence-corrected chi connectivity index (χ3v) is 3.84. The van der Waals surface area contributed by atoms with Gasteiger partial charge in [-0.15, -0.1) is 0 Å². The molecule has 1 saturated heterocycles. The highest BCUT2D eigenvalue weighted by Gasteiger charge is 2.44. The summed E-state index contributed by atoms with van der Waals surface area (Å²) in [4.78, 5) is 38.3. The SMILES string of the molecule is CCC(C)N1C(=O)CC(N(CCC(=O)O)C(C)C)C1=O.